The Bertz CT molecular complexity index is 267. The third kappa shape index (κ3) is 7.23. The first-order valence-corrected chi connectivity index (χ1v) is 4.93. The van der Waals surface area contributed by atoms with Crippen LogP contribution in [0.25, 0.3) is 0 Å². The highest BCUT2D eigenvalue weighted by Crippen LogP contribution is 1.95. The summed E-state index contributed by atoms with van der Waals surface area (Å²) in [7, 11) is -3.94. The first-order chi connectivity index (χ1) is 5.45. The van der Waals surface area contributed by atoms with Crippen LogP contribution in [-0.2, 0) is 14.9 Å². The second-order valence-corrected chi connectivity index (χ2v) is 3.79. The fourth-order valence-electron chi connectivity index (χ4n) is 0.619. The van der Waals surface area contributed by atoms with Crippen LogP contribution in [0.5, 0.6) is 0 Å². The van der Waals surface area contributed by atoms with Gasteiger partial charge in [0.15, 0.2) is 5.78 Å². The van der Waals surface area contributed by atoms with Crippen LogP contribution in [0.1, 0.15) is 12.8 Å². The number of carbonyl (C=O) groups is 1. The van der Waals surface area contributed by atoms with E-state index in [9.17, 15) is 13.2 Å². The second-order valence-electron chi connectivity index (χ2n) is 2.22. The van der Waals surface area contributed by atoms with Crippen molar-refractivity contribution < 1.29 is 17.8 Å². The first-order valence-electron chi connectivity index (χ1n) is 3.32. The van der Waals surface area contributed by atoms with Crippen LogP contribution in [0.2, 0.25) is 0 Å². The standard InChI is InChI=1S/C6H11NO4S/c7-4-3-6(8)2-1-5-12(9,10)11/h3-4H,1-2,5,7H2,(H,9,10,11). The van der Waals surface area contributed by atoms with Crippen molar-refractivity contribution in [3.05, 3.63) is 12.3 Å². The maximum atomic E-state index is 10.7. The van der Waals surface area contributed by atoms with Crippen molar-refractivity contribution in [3.8, 4) is 0 Å². The molecule has 0 heterocycles. The van der Waals surface area contributed by atoms with Crippen LogP contribution in [0.3, 0.4) is 0 Å². The van der Waals surface area contributed by atoms with E-state index in [1.54, 1.807) is 0 Å². The van der Waals surface area contributed by atoms with Gasteiger partial charge in [-0.3, -0.25) is 9.35 Å². The van der Waals surface area contributed by atoms with Crippen LogP contribution >= 0.6 is 0 Å². The third-order valence-corrected chi connectivity index (χ3v) is 1.91. The molecule has 0 bridgehead atoms. The average Bonchev–Trinajstić information content (AvgIpc) is 1.84. The van der Waals surface area contributed by atoms with E-state index in [0.29, 0.717) is 0 Å². The normalized spacial score (nSPS) is 12.1. The topological polar surface area (TPSA) is 97.5 Å². The lowest BCUT2D eigenvalue weighted by molar-refractivity contribution is -0.114. The van der Waals surface area contributed by atoms with Gasteiger partial charge < -0.3 is 5.73 Å². The molecular formula is C6H11NO4S. The Labute approximate surface area is 71.0 Å². The summed E-state index contributed by atoms with van der Waals surface area (Å²) in [5.41, 5.74) is 4.92. The van der Waals surface area contributed by atoms with E-state index >= 15 is 0 Å². The molecule has 0 amide bonds. The molecule has 0 aromatic heterocycles. The number of nitrogens with two attached hydrogens (primary N) is 1. The lowest BCUT2D eigenvalue weighted by atomic mass is 10.2. The predicted molar refractivity (Wildman–Crippen MR) is 44.0 cm³/mol. The number of carbonyl (C=O) groups excluding carboxylic acids is 1. The molecule has 0 aliphatic carbocycles. The molecule has 0 aromatic rings. The smallest absolute Gasteiger partial charge is 0.264 e. The van der Waals surface area contributed by atoms with E-state index in [0.717, 1.165) is 12.3 Å². The fraction of sp³-hybridized carbons (Fsp3) is 0.500. The molecule has 0 spiro atoms. The van der Waals surface area contributed by atoms with Gasteiger partial charge in [0.05, 0.1) is 5.75 Å². The Kier molecular flexibility index (Phi) is 4.53. The van der Waals surface area contributed by atoms with Gasteiger partial charge in [0.1, 0.15) is 0 Å². The van der Waals surface area contributed by atoms with Gasteiger partial charge in [-0.15, -0.1) is 0 Å². The molecule has 0 saturated heterocycles. The van der Waals surface area contributed by atoms with Crippen LogP contribution in [0.4, 0.5) is 0 Å². The first kappa shape index (κ1) is 11.1. The number of hydrogen-bond acceptors (Lipinski definition) is 4. The summed E-state index contributed by atoms with van der Waals surface area (Å²) in [5, 5.41) is 0. The zero-order chi connectivity index (χ0) is 9.61. The zero-order valence-corrected chi connectivity index (χ0v) is 7.25. The van der Waals surface area contributed by atoms with E-state index in [1.165, 1.54) is 0 Å². The minimum absolute atomic E-state index is 0.0769. The maximum Gasteiger partial charge on any atom is 0.264 e. The number of hydrogen-bond donors (Lipinski definition) is 2. The quantitative estimate of drug-likeness (QED) is 0.461. The van der Waals surface area contributed by atoms with Gasteiger partial charge in [-0.05, 0) is 18.7 Å². The minimum atomic E-state index is -3.94. The lowest BCUT2D eigenvalue weighted by Gasteiger charge is -1.93. The molecule has 0 rings (SSSR count). The van der Waals surface area contributed by atoms with Crippen LogP contribution < -0.4 is 5.73 Å². The highest BCUT2D eigenvalue weighted by atomic mass is 32.2. The van der Waals surface area contributed by atoms with E-state index in [1.807, 2.05) is 0 Å². The van der Waals surface area contributed by atoms with Crippen molar-refractivity contribution in [2.75, 3.05) is 5.75 Å². The molecule has 6 heteroatoms. The Morgan fingerprint density at radius 1 is 1.50 bits per heavy atom. The van der Waals surface area contributed by atoms with Crippen LogP contribution in [0, 0.1) is 0 Å². The van der Waals surface area contributed by atoms with Gasteiger partial charge >= 0.3 is 0 Å². The molecule has 0 fully saturated rings. The average molecular weight is 193 g/mol. The Balaban J connectivity index is 3.65. The van der Waals surface area contributed by atoms with Crippen molar-refractivity contribution in [2.45, 2.75) is 12.8 Å². The summed E-state index contributed by atoms with van der Waals surface area (Å²) in [5.74, 6) is -0.641. The molecule has 0 radical (unpaired) electrons. The summed E-state index contributed by atoms with van der Waals surface area (Å²) in [6.07, 6.45) is 2.44. The van der Waals surface area contributed by atoms with E-state index in [2.05, 4.69) is 0 Å². The molecule has 0 aromatic carbocycles. The molecule has 12 heavy (non-hydrogen) atoms. The van der Waals surface area contributed by atoms with Gasteiger partial charge in [0.25, 0.3) is 10.1 Å². The molecule has 0 aliphatic heterocycles. The second kappa shape index (κ2) is 4.89. The van der Waals surface area contributed by atoms with Crippen LogP contribution in [-0.4, -0.2) is 24.5 Å². The van der Waals surface area contributed by atoms with Gasteiger partial charge in [0.2, 0.25) is 0 Å². The Morgan fingerprint density at radius 2 is 2.08 bits per heavy atom. The Hall–Kier alpha value is -0.880. The Morgan fingerprint density at radius 3 is 2.50 bits per heavy atom. The summed E-state index contributed by atoms with van der Waals surface area (Å²) < 4.78 is 28.6. The maximum absolute atomic E-state index is 10.7. The van der Waals surface area contributed by atoms with Crippen molar-refractivity contribution in [1.29, 1.82) is 0 Å². The summed E-state index contributed by atoms with van der Waals surface area (Å²) in [6, 6.07) is 0. The molecule has 0 unspecified atom stereocenters. The van der Waals surface area contributed by atoms with Gasteiger partial charge in [-0.25, -0.2) is 0 Å². The summed E-state index contributed by atoms with van der Waals surface area (Å²) >= 11 is 0. The SMILES string of the molecule is NC=CC(=O)CCCS(=O)(=O)O. The molecular weight excluding hydrogens is 182 g/mol. The highest BCUT2D eigenvalue weighted by molar-refractivity contribution is 7.85. The van der Waals surface area contributed by atoms with Gasteiger partial charge in [-0.1, -0.05) is 0 Å². The van der Waals surface area contributed by atoms with Crippen molar-refractivity contribution in [1.82, 2.24) is 0 Å². The van der Waals surface area contributed by atoms with Crippen LogP contribution in [0.15, 0.2) is 12.3 Å². The number of allylic oxidation sites excluding steroid dienone is 1. The third-order valence-electron chi connectivity index (χ3n) is 1.11. The van der Waals surface area contributed by atoms with Crippen molar-refractivity contribution in [3.63, 3.8) is 0 Å². The molecule has 0 atom stereocenters. The summed E-state index contributed by atoms with van der Waals surface area (Å²) in [6.45, 7) is 0. The van der Waals surface area contributed by atoms with Gasteiger partial charge in [-0.2, -0.15) is 8.42 Å². The minimum Gasteiger partial charge on any atom is -0.404 e. The monoisotopic (exact) mass is 193 g/mol. The summed E-state index contributed by atoms with van der Waals surface area (Å²) in [4.78, 5) is 10.7. The number of rotatable bonds is 5. The predicted octanol–water partition coefficient (Wildman–Crippen LogP) is -0.304. The van der Waals surface area contributed by atoms with Gasteiger partial charge in [0, 0.05) is 6.42 Å². The zero-order valence-electron chi connectivity index (χ0n) is 6.43. The highest BCUT2D eigenvalue weighted by Gasteiger charge is 2.05. The largest absolute Gasteiger partial charge is 0.404 e. The fourth-order valence-corrected chi connectivity index (χ4v) is 1.13. The van der Waals surface area contributed by atoms with E-state index in [4.69, 9.17) is 10.3 Å². The molecule has 5 nitrogen and oxygen atoms in total. The lowest BCUT2D eigenvalue weighted by Crippen LogP contribution is -2.05. The molecule has 70 valence electrons. The van der Waals surface area contributed by atoms with Crippen molar-refractivity contribution >= 4 is 15.9 Å². The van der Waals surface area contributed by atoms with E-state index in [-0.39, 0.29) is 18.6 Å². The van der Waals surface area contributed by atoms with E-state index < -0.39 is 15.9 Å². The molecule has 3 N–H and O–H groups in total. The molecule has 0 aliphatic rings. The van der Waals surface area contributed by atoms with Crippen molar-refractivity contribution in [2.24, 2.45) is 5.73 Å². The number of ketones is 1. The molecule has 0 saturated carbocycles.